The summed E-state index contributed by atoms with van der Waals surface area (Å²) in [4.78, 5) is 28.2. The zero-order valence-electron chi connectivity index (χ0n) is 17.8. The van der Waals surface area contributed by atoms with Crippen LogP contribution in [0.15, 0.2) is 36.5 Å². The first-order valence-corrected chi connectivity index (χ1v) is 11.4. The van der Waals surface area contributed by atoms with E-state index >= 15 is 0 Å². The number of carbonyl (C=O) groups excluding carboxylic acids is 2. The summed E-state index contributed by atoms with van der Waals surface area (Å²) in [5, 5.41) is 3.69. The van der Waals surface area contributed by atoms with E-state index in [4.69, 9.17) is 10.5 Å². The normalized spacial score (nSPS) is 12.9. The summed E-state index contributed by atoms with van der Waals surface area (Å²) in [5.41, 5.74) is 6.41. The van der Waals surface area contributed by atoms with Crippen molar-refractivity contribution in [2.45, 2.75) is 51.7 Å². The SMILES string of the molecule is CC(C)(C)OC(=O)NS(=O)(=O)NCCCCC(N)C(=O)Nc1cccc2cccnc12. The Bertz CT molecular complexity index is 1010. The van der Waals surface area contributed by atoms with Gasteiger partial charge in [-0.1, -0.05) is 24.6 Å². The van der Waals surface area contributed by atoms with Crippen LogP contribution in [0.3, 0.4) is 0 Å². The zero-order valence-corrected chi connectivity index (χ0v) is 18.7. The topological polar surface area (TPSA) is 153 Å². The smallest absolute Gasteiger partial charge is 0.422 e. The summed E-state index contributed by atoms with van der Waals surface area (Å²) in [6, 6.07) is 8.44. The number of fused-ring (bicyclic) bond motifs is 1. The molecule has 1 aromatic heterocycles. The van der Waals surface area contributed by atoms with Crippen LogP contribution in [0.25, 0.3) is 10.9 Å². The number of unbranched alkanes of at least 4 members (excludes halogenated alkanes) is 1. The van der Waals surface area contributed by atoms with E-state index < -0.39 is 27.9 Å². The first-order chi connectivity index (χ1) is 14.5. The van der Waals surface area contributed by atoms with Gasteiger partial charge in [0.2, 0.25) is 5.91 Å². The number of carbonyl (C=O) groups is 2. The highest BCUT2D eigenvalue weighted by molar-refractivity contribution is 7.88. The maximum Gasteiger partial charge on any atom is 0.422 e. The molecule has 31 heavy (non-hydrogen) atoms. The third-order valence-electron chi connectivity index (χ3n) is 4.08. The van der Waals surface area contributed by atoms with Crippen LogP contribution in [-0.2, 0) is 19.7 Å². The van der Waals surface area contributed by atoms with Gasteiger partial charge < -0.3 is 15.8 Å². The summed E-state index contributed by atoms with van der Waals surface area (Å²) in [5.74, 6) is -0.342. The maximum absolute atomic E-state index is 12.4. The summed E-state index contributed by atoms with van der Waals surface area (Å²) in [6.45, 7) is 4.97. The summed E-state index contributed by atoms with van der Waals surface area (Å²) in [6.07, 6.45) is 1.91. The van der Waals surface area contributed by atoms with Crippen LogP contribution in [0.1, 0.15) is 40.0 Å². The Morgan fingerprint density at radius 2 is 1.87 bits per heavy atom. The highest BCUT2D eigenvalue weighted by Crippen LogP contribution is 2.20. The van der Waals surface area contributed by atoms with Gasteiger partial charge in [0.25, 0.3) is 0 Å². The highest BCUT2D eigenvalue weighted by Gasteiger charge is 2.21. The van der Waals surface area contributed by atoms with E-state index in [1.807, 2.05) is 24.3 Å². The molecule has 1 aromatic carbocycles. The van der Waals surface area contributed by atoms with Crippen LogP contribution in [0.5, 0.6) is 0 Å². The van der Waals surface area contributed by atoms with Gasteiger partial charge in [-0.15, -0.1) is 0 Å². The van der Waals surface area contributed by atoms with Gasteiger partial charge in [0.15, 0.2) is 0 Å². The lowest BCUT2D eigenvalue weighted by Gasteiger charge is -2.19. The Morgan fingerprint density at radius 3 is 2.58 bits per heavy atom. The standard InChI is InChI=1S/C20H29N5O5S/c1-20(2,3)30-19(27)25-31(28,29)23-13-5-4-10-15(21)18(26)24-16-11-6-8-14-9-7-12-22-17(14)16/h6-9,11-12,15,23H,4-5,10,13,21H2,1-3H3,(H,24,26)(H,25,27). The average molecular weight is 452 g/mol. The van der Waals surface area contributed by atoms with Crippen LogP contribution in [-0.4, -0.2) is 43.6 Å². The van der Waals surface area contributed by atoms with Gasteiger partial charge in [-0.25, -0.2) is 9.52 Å². The van der Waals surface area contributed by atoms with E-state index in [0.29, 0.717) is 30.5 Å². The minimum absolute atomic E-state index is 0.0830. The van der Waals surface area contributed by atoms with E-state index in [1.165, 1.54) is 0 Å². The average Bonchev–Trinajstić information content (AvgIpc) is 2.65. The number of hydrogen-bond donors (Lipinski definition) is 4. The molecule has 1 atom stereocenters. The van der Waals surface area contributed by atoms with Crippen molar-refractivity contribution in [1.29, 1.82) is 0 Å². The van der Waals surface area contributed by atoms with Crippen LogP contribution in [0.4, 0.5) is 10.5 Å². The molecule has 2 aromatic rings. The third-order valence-corrected chi connectivity index (χ3v) is 5.10. The van der Waals surface area contributed by atoms with E-state index in [-0.39, 0.29) is 12.5 Å². The maximum atomic E-state index is 12.4. The second kappa shape index (κ2) is 10.5. The highest BCUT2D eigenvalue weighted by atomic mass is 32.2. The molecule has 0 saturated carbocycles. The van der Waals surface area contributed by atoms with E-state index in [2.05, 4.69) is 15.0 Å². The number of nitrogens with zero attached hydrogens (tertiary/aromatic N) is 1. The molecule has 2 amide bonds. The van der Waals surface area contributed by atoms with Crippen LogP contribution in [0, 0.1) is 0 Å². The second-order valence-electron chi connectivity index (χ2n) is 7.97. The van der Waals surface area contributed by atoms with Crippen molar-refractivity contribution in [2.75, 3.05) is 11.9 Å². The molecule has 0 radical (unpaired) electrons. The second-order valence-corrected chi connectivity index (χ2v) is 9.47. The van der Waals surface area contributed by atoms with E-state index in [0.717, 1.165) is 5.39 Å². The summed E-state index contributed by atoms with van der Waals surface area (Å²) < 4.78 is 32.6. The molecule has 0 fully saturated rings. The van der Waals surface area contributed by atoms with Gasteiger partial charge >= 0.3 is 16.3 Å². The Morgan fingerprint density at radius 1 is 1.16 bits per heavy atom. The Kier molecular flexibility index (Phi) is 8.31. The van der Waals surface area contributed by atoms with Gasteiger partial charge in [0.1, 0.15) is 5.60 Å². The van der Waals surface area contributed by atoms with Gasteiger partial charge in [0, 0.05) is 18.1 Å². The monoisotopic (exact) mass is 451 g/mol. The van der Waals surface area contributed by atoms with Crippen LogP contribution in [0.2, 0.25) is 0 Å². The number of nitrogens with two attached hydrogens (primary N) is 1. The van der Waals surface area contributed by atoms with Crippen molar-refractivity contribution < 1.29 is 22.7 Å². The fraction of sp³-hybridized carbons (Fsp3) is 0.450. The molecule has 5 N–H and O–H groups in total. The largest absolute Gasteiger partial charge is 0.443 e. The molecule has 1 unspecified atom stereocenters. The van der Waals surface area contributed by atoms with Gasteiger partial charge in [-0.05, 0) is 45.7 Å². The molecule has 10 nitrogen and oxygen atoms in total. The summed E-state index contributed by atoms with van der Waals surface area (Å²) in [7, 11) is -4.02. The predicted octanol–water partition coefficient (Wildman–Crippen LogP) is 2.03. The lowest BCUT2D eigenvalue weighted by atomic mass is 10.1. The third kappa shape index (κ3) is 8.48. The molecule has 0 aliphatic carbocycles. The number of para-hydroxylation sites is 1. The number of anilines is 1. The zero-order chi connectivity index (χ0) is 23.1. The molecule has 1 heterocycles. The lowest BCUT2D eigenvalue weighted by Crippen LogP contribution is -2.43. The molecule has 2 rings (SSSR count). The molecular weight excluding hydrogens is 422 g/mol. The number of benzene rings is 1. The van der Waals surface area contributed by atoms with Crippen LogP contribution >= 0.6 is 0 Å². The minimum Gasteiger partial charge on any atom is -0.443 e. The number of ether oxygens (including phenoxy) is 1. The van der Waals surface area contributed by atoms with Crippen molar-refractivity contribution in [1.82, 2.24) is 14.4 Å². The molecular formula is C20H29N5O5S. The molecule has 0 saturated heterocycles. The number of nitrogens with one attached hydrogen (secondary N) is 3. The lowest BCUT2D eigenvalue weighted by molar-refractivity contribution is -0.117. The summed E-state index contributed by atoms with van der Waals surface area (Å²) >= 11 is 0. The van der Waals surface area contributed by atoms with Gasteiger partial charge in [0.05, 0.1) is 17.2 Å². The molecule has 170 valence electrons. The fourth-order valence-corrected chi connectivity index (χ4v) is 3.45. The van der Waals surface area contributed by atoms with E-state index in [1.54, 1.807) is 37.8 Å². The minimum atomic E-state index is -4.02. The number of hydrogen-bond acceptors (Lipinski definition) is 7. The van der Waals surface area contributed by atoms with Crippen molar-refractivity contribution in [2.24, 2.45) is 5.73 Å². The quantitative estimate of drug-likeness (QED) is 0.426. The number of aromatic nitrogens is 1. The number of amides is 2. The number of pyridine rings is 1. The molecule has 0 aliphatic heterocycles. The van der Waals surface area contributed by atoms with Crippen molar-refractivity contribution in [3.8, 4) is 0 Å². The molecule has 11 heteroatoms. The van der Waals surface area contributed by atoms with Gasteiger partial charge in [-0.3, -0.25) is 9.78 Å². The Balaban J connectivity index is 1.73. The molecule has 0 spiro atoms. The Labute approximate surface area is 182 Å². The van der Waals surface area contributed by atoms with E-state index in [9.17, 15) is 18.0 Å². The Hall–Kier alpha value is -2.76. The number of rotatable bonds is 9. The predicted molar refractivity (Wildman–Crippen MR) is 118 cm³/mol. The van der Waals surface area contributed by atoms with Gasteiger partial charge in [-0.2, -0.15) is 13.1 Å². The first kappa shape index (κ1) is 24.5. The van der Waals surface area contributed by atoms with Crippen LogP contribution < -0.4 is 20.5 Å². The molecule has 0 bridgehead atoms. The van der Waals surface area contributed by atoms with Crippen molar-refractivity contribution in [3.05, 3.63) is 36.5 Å². The van der Waals surface area contributed by atoms with Crippen molar-refractivity contribution in [3.63, 3.8) is 0 Å². The fourth-order valence-electron chi connectivity index (χ4n) is 2.70. The first-order valence-electron chi connectivity index (χ1n) is 9.87. The van der Waals surface area contributed by atoms with Crippen molar-refractivity contribution >= 4 is 38.8 Å². The molecule has 0 aliphatic rings.